The Kier molecular flexibility index (Phi) is 5.65. The van der Waals surface area contributed by atoms with Crippen LogP contribution in [-0.2, 0) is 6.54 Å². The van der Waals surface area contributed by atoms with Crippen molar-refractivity contribution < 1.29 is 9.90 Å². The van der Waals surface area contributed by atoms with Gasteiger partial charge in [-0.3, -0.25) is 5.10 Å². The number of nitrogens with one attached hydrogen (secondary N) is 3. The maximum atomic E-state index is 12.0. The van der Waals surface area contributed by atoms with E-state index in [1.54, 1.807) is 0 Å². The Balaban J connectivity index is 1.48. The van der Waals surface area contributed by atoms with Gasteiger partial charge in [-0.05, 0) is 24.5 Å². The van der Waals surface area contributed by atoms with Gasteiger partial charge in [0.05, 0.1) is 5.60 Å². The molecule has 1 aliphatic rings. The van der Waals surface area contributed by atoms with Crippen LogP contribution in [0.25, 0.3) is 11.4 Å². The summed E-state index contributed by atoms with van der Waals surface area (Å²) in [7, 11) is 0. The highest BCUT2D eigenvalue weighted by atomic mass is 16.3. The van der Waals surface area contributed by atoms with Crippen LogP contribution in [0.15, 0.2) is 30.6 Å². The molecule has 1 fully saturated rings. The fraction of sp³-hybridized carbons (Fsp3) is 0.500. The topological polar surface area (TPSA) is 103 Å². The van der Waals surface area contributed by atoms with Crippen molar-refractivity contribution in [2.75, 3.05) is 6.54 Å². The van der Waals surface area contributed by atoms with E-state index in [0.29, 0.717) is 18.9 Å². The summed E-state index contributed by atoms with van der Waals surface area (Å²) in [6.45, 7) is 0.711. The molecule has 0 radical (unpaired) electrons. The molecule has 1 aromatic heterocycles. The van der Waals surface area contributed by atoms with Crippen LogP contribution in [-0.4, -0.2) is 38.5 Å². The van der Waals surface area contributed by atoms with Gasteiger partial charge in [-0.15, -0.1) is 0 Å². The van der Waals surface area contributed by atoms with Crippen LogP contribution in [0.1, 0.15) is 44.1 Å². The van der Waals surface area contributed by atoms with Crippen molar-refractivity contribution in [2.45, 2.75) is 50.7 Å². The maximum absolute atomic E-state index is 12.0. The molecule has 7 heteroatoms. The van der Waals surface area contributed by atoms with E-state index in [-0.39, 0.29) is 6.03 Å². The van der Waals surface area contributed by atoms with Gasteiger partial charge in [-0.2, -0.15) is 5.10 Å². The summed E-state index contributed by atoms with van der Waals surface area (Å²) < 4.78 is 0. The van der Waals surface area contributed by atoms with Crippen molar-refractivity contribution in [1.82, 2.24) is 25.8 Å². The van der Waals surface area contributed by atoms with Gasteiger partial charge in [0, 0.05) is 18.7 Å². The molecule has 0 saturated heterocycles. The Morgan fingerprint density at radius 3 is 2.72 bits per heavy atom. The van der Waals surface area contributed by atoms with Gasteiger partial charge in [-0.1, -0.05) is 43.9 Å². The molecule has 0 atom stereocenters. The van der Waals surface area contributed by atoms with Gasteiger partial charge < -0.3 is 15.7 Å². The molecule has 7 nitrogen and oxygen atoms in total. The van der Waals surface area contributed by atoms with E-state index in [2.05, 4.69) is 25.8 Å². The third-order valence-electron chi connectivity index (χ3n) is 4.68. The lowest BCUT2D eigenvalue weighted by Gasteiger charge is -2.26. The summed E-state index contributed by atoms with van der Waals surface area (Å²) >= 11 is 0. The number of aromatic amines is 1. The standard InChI is InChI=1S/C18H25N5O2/c24-17(20-12-18(25)8-3-1-2-4-9-18)19-11-14-6-5-7-15(10-14)16-21-13-22-23-16/h5-7,10,13,25H,1-4,8-9,11-12H2,(H2,19,20,24)(H,21,22,23). The molecule has 0 bridgehead atoms. The lowest BCUT2D eigenvalue weighted by Crippen LogP contribution is -2.46. The lowest BCUT2D eigenvalue weighted by molar-refractivity contribution is 0.0277. The van der Waals surface area contributed by atoms with E-state index in [1.165, 1.54) is 6.33 Å². The van der Waals surface area contributed by atoms with E-state index < -0.39 is 5.60 Å². The molecule has 134 valence electrons. The van der Waals surface area contributed by atoms with Crippen LogP contribution in [0, 0.1) is 0 Å². The van der Waals surface area contributed by atoms with Crippen molar-refractivity contribution in [3.63, 3.8) is 0 Å². The van der Waals surface area contributed by atoms with Crippen molar-refractivity contribution >= 4 is 6.03 Å². The molecular formula is C18H25N5O2. The average Bonchev–Trinajstić information content (AvgIpc) is 3.08. The Hall–Kier alpha value is -2.41. The highest BCUT2D eigenvalue weighted by Gasteiger charge is 2.28. The van der Waals surface area contributed by atoms with Gasteiger partial charge in [0.25, 0.3) is 0 Å². The molecular weight excluding hydrogens is 318 g/mol. The summed E-state index contributed by atoms with van der Waals surface area (Å²) in [5.41, 5.74) is 1.13. The highest BCUT2D eigenvalue weighted by Crippen LogP contribution is 2.26. The van der Waals surface area contributed by atoms with Crippen LogP contribution >= 0.6 is 0 Å². The smallest absolute Gasteiger partial charge is 0.315 e. The first-order valence-corrected chi connectivity index (χ1v) is 8.83. The zero-order valence-electron chi connectivity index (χ0n) is 14.3. The number of H-pyrrole nitrogens is 1. The predicted octanol–water partition coefficient (Wildman–Crippen LogP) is 2.36. The minimum atomic E-state index is -0.764. The molecule has 2 aromatic rings. The molecule has 0 unspecified atom stereocenters. The zero-order chi connectivity index (χ0) is 17.5. The van der Waals surface area contributed by atoms with Gasteiger partial charge >= 0.3 is 6.03 Å². The number of hydrogen-bond acceptors (Lipinski definition) is 4. The van der Waals surface area contributed by atoms with E-state index in [4.69, 9.17) is 0 Å². The normalized spacial score (nSPS) is 16.8. The van der Waals surface area contributed by atoms with Gasteiger partial charge in [0.1, 0.15) is 6.33 Å². The first kappa shape index (κ1) is 17.4. The van der Waals surface area contributed by atoms with Crippen LogP contribution in [0.5, 0.6) is 0 Å². The maximum Gasteiger partial charge on any atom is 0.315 e. The van der Waals surface area contributed by atoms with Crippen molar-refractivity contribution in [3.8, 4) is 11.4 Å². The SMILES string of the molecule is O=C(NCc1cccc(-c2ncn[nH]2)c1)NCC1(O)CCCCCC1. The number of nitrogens with zero attached hydrogens (tertiary/aromatic N) is 2. The number of rotatable bonds is 5. The van der Waals surface area contributed by atoms with Gasteiger partial charge in [0.15, 0.2) is 5.82 Å². The number of benzene rings is 1. The molecule has 2 amide bonds. The molecule has 1 saturated carbocycles. The monoisotopic (exact) mass is 343 g/mol. The average molecular weight is 343 g/mol. The third kappa shape index (κ3) is 5.03. The van der Waals surface area contributed by atoms with Crippen molar-refractivity contribution in [2.24, 2.45) is 0 Å². The van der Waals surface area contributed by atoms with E-state index in [9.17, 15) is 9.90 Å². The van der Waals surface area contributed by atoms with Gasteiger partial charge in [0.2, 0.25) is 0 Å². The van der Waals surface area contributed by atoms with E-state index in [0.717, 1.165) is 49.7 Å². The Morgan fingerprint density at radius 2 is 2.00 bits per heavy atom. The van der Waals surface area contributed by atoms with Crippen molar-refractivity contribution in [3.05, 3.63) is 36.2 Å². The number of aliphatic hydroxyl groups is 1. The Labute approximate surface area is 147 Å². The zero-order valence-corrected chi connectivity index (χ0v) is 14.3. The van der Waals surface area contributed by atoms with Crippen LogP contribution in [0.4, 0.5) is 4.79 Å². The summed E-state index contributed by atoms with van der Waals surface area (Å²) in [6.07, 6.45) is 7.35. The summed E-state index contributed by atoms with van der Waals surface area (Å²) in [5.74, 6) is 0.696. The fourth-order valence-corrected chi connectivity index (χ4v) is 3.23. The molecule has 1 heterocycles. The quantitative estimate of drug-likeness (QED) is 0.626. The predicted molar refractivity (Wildman–Crippen MR) is 94.7 cm³/mol. The third-order valence-corrected chi connectivity index (χ3v) is 4.68. The number of amides is 2. The number of carbonyl (C=O) groups is 1. The number of carbonyl (C=O) groups excluding carboxylic acids is 1. The summed E-state index contributed by atoms with van der Waals surface area (Å²) in [6, 6.07) is 7.49. The fourth-order valence-electron chi connectivity index (χ4n) is 3.23. The minimum Gasteiger partial charge on any atom is -0.388 e. The molecule has 0 aliphatic heterocycles. The minimum absolute atomic E-state index is 0.261. The van der Waals surface area contributed by atoms with Crippen LogP contribution in [0.2, 0.25) is 0 Å². The molecule has 25 heavy (non-hydrogen) atoms. The molecule has 4 N–H and O–H groups in total. The van der Waals surface area contributed by atoms with Gasteiger partial charge in [-0.25, -0.2) is 9.78 Å². The van der Waals surface area contributed by atoms with Crippen molar-refractivity contribution in [1.29, 1.82) is 0 Å². The molecule has 1 aromatic carbocycles. The highest BCUT2D eigenvalue weighted by molar-refractivity contribution is 5.74. The summed E-state index contributed by atoms with van der Waals surface area (Å²) in [4.78, 5) is 16.2. The number of hydrogen-bond donors (Lipinski definition) is 4. The second kappa shape index (κ2) is 8.11. The Morgan fingerprint density at radius 1 is 1.20 bits per heavy atom. The van der Waals surface area contributed by atoms with Crippen LogP contribution < -0.4 is 10.6 Å². The molecule has 0 spiro atoms. The van der Waals surface area contributed by atoms with E-state index >= 15 is 0 Å². The van der Waals surface area contributed by atoms with E-state index in [1.807, 2.05) is 24.3 Å². The summed E-state index contributed by atoms with van der Waals surface area (Å²) in [5, 5.41) is 22.9. The first-order chi connectivity index (χ1) is 12.1. The number of urea groups is 1. The molecule has 1 aliphatic carbocycles. The first-order valence-electron chi connectivity index (χ1n) is 8.83. The lowest BCUT2D eigenvalue weighted by atomic mass is 9.95. The Bertz CT molecular complexity index is 679. The van der Waals surface area contributed by atoms with Crippen LogP contribution in [0.3, 0.4) is 0 Å². The molecule has 3 rings (SSSR count). The second-order valence-corrected chi connectivity index (χ2v) is 6.71. The number of aromatic nitrogens is 3. The second-order valence-electron chi connectivity index (χ2n) is 6.71. The largest absolute Gasteiger partial charge is 0.388 e.